The number of methoxy groups -OCH3 is 1. The van der Waals surface area contributed by atoms with Crippen LogP contribution in [-0.4, -0.2) is 59.2 Å². The highest BCUT2D eigenvalue weighted by atomic mass is 35.5. The normalized spacial score (nSPS) is 16.7. The van der Waals surface area contributed by atoms with Gasteiger partial charge in [-0.1, -0.05) is 11.6 Å². The first-order valence-electron chi connectivity index (χ1n) is 12.2. The molecule has 1 fully saturated rings. The fraction of sp³-hybridized carbons (Fsp3) is 0.444. The maximum Gasteiger partial charge on any atom is 0.194 e. The molecule has 200 valence electrons. The average Bonchev–Trinajstić information content (AvgIpc) is 2.90. The molecular weight excluding hydrogens is 525 g/mol. The molecule has 37 heavy (non-hydrogen) atoms. The van der Waals surface area contributed by atoms with Crippen molar-refractivity contribution in [2.75, 3.05) is 39.1 Å². The van der Waals surface area contributed by atoms with Gasteiger partial charge in [0.25, 0.3) is 0 Å². The summed E-state index contributed by atoms with van der Waals surface area (Å²) in [5, 5.41) is 22.5. The first-order chi connectivity index (χ1) is 17.7. The van der Waals surface area contributed by atoms with Gasteiger partial charge in [-0.3, -0.25) is 4.98 Å². The number of halogens is 4. The molecule has 2 N–H and O–H groups in total. The van der Waals surface area contributed by atoms with Gasteiger partial charge in [0, 0.05) is 40.9 Å². The molecule has 2 heterocycles. The van der Waals surface area contributed by atoms with Crippen LogP contribution in [0.15, 0.2) is 41.4 Å². The Kier molecular flexibility index (Phi) is 9.24. The summed E-state index contributed by atoms with van der Waals surface area (Å²) < 4.78 is 45.3. The minimum Gasteiger partial charge on any atom is -0.497 e. The highest BCUT2D eigenvalue weighted by Crippen LogP contribution is 2.40. The number of aliphatic hydroxyl groups excluding tert-OH is 2. The molecule has 0 saturated carbocycles. The third-order valence-electron chi connectivity index (χ3n) is 7.24. The Bertz CT molecular complexity index is 1220. The standard InChI is InChI=1S/C27H30ClF3N2O3S/c1-36-17-2-3-23-19(12-17)25(20(28)15-32-23)24(35)4-5-27(16-34)6-8-33(9-7-27)10-11-37-18-13-21(29)26(31)22(30)14-18/h2-3,12-15,24,34-35H,4-11,16H2,1H3/t24-/m0/s1. The molecular formula is C27H30ClF3N2O3S. The predicted octanol–water partition coefficient (Wildman–Crippen LogP) is 5.99. The van der Waals surface area contributed by atoms with Crippen LogP contribution < -0.4 is 4.74 Å². The Labute approximate surface area is 223 Å². The lowest BCUT2D eigenvalue weighted by molar-refractivity contribution is 0.0254. The van der Waals surface area contributed by atoms with E-state index in [1.807, 2.05) is 18.2 Å². The SMILES string of the molecule is COc1ccc2ncc(Cl)c([C@@H](O)CCC3(CO)CCN(CCSc4cc(F)c(F)c(F)c4)CC3)c2c1. The van der Waals surface area contributed by atoms with Gasteiger partial charge in [0.05, 0.1) is 23.8 Å². The number of piperidine rings is 1. The van der Waals surface area contributed by atoms with Gasteiger partial charge in [-0.2, -0.15) is 0 Å². The van der Waals surface area contributed by atoms with Crippen molar-refractivity contribution in [3.8, 4) is 5.75 Å². The maximum absolute atomic E-state index is 13.4. The minimum absolute atomic E-state index is 0.0229. The summed E-state index contributed by atoms with van der Waals surface area (Å²) in [6.07, 6.45) is 3.32. The van der Waals surface area contributed by atoms with Gasteiger partial charge < -0.3 is 19.8 Å². The van der Waals surface area contributed by atoms with Gasteiger partial charge in [0.1, 0.15) is 5.75 Å². The lowest BCUT2D eigenvalue weighted by Crippen LogP contribution is -2.43. The number of benzene rings is 2. The largest absolute Gasteiger partial charge is 0.497 e. The highest BCUT2D eigenvalue weighted by molar-refractivity contribution is 7.99. The van der Waals surface area contributed by atoms with E-state index in [0.29, 0.717) is 51.9 Å². The first kappa shape index (κ1) is 28.0. The summed E-state index contributed by atoms with van der Waals surface area (Å²) in [5.74, 6) is -2.57. The third kappa shape index (κ3) is 6.52. The van der Waals surface area contributed by atoms with Crippen LogP contribution in [0.5, 0.6) is 5.75 Å². The van der Waals surface area contributed by atoms with E-state index in [1.165, 1.54) is 11.8 Å². The van der Waals surface area contributed by atoms with Crippen LogP contribution in [-0.2, 0) is 0 Å². The lowest BCUT2D eigenvalue weighted by atomic mass is 9.74. The second kappa shape index (κ2) is 12.2. The van der Waals surface area contributed by atoms with Crippen LogP contribution in [0.4, 0.5) is 13.2 Å². The Morgan fingerprint density at radius 1 is 1.16 bits per heavy atom. The molecule has 0 bridgehead atoms. The first-order valence-corrected chi connectivity index (χ1v) is 13.5. The third-order valence-corrected chi connectivity index (χ3v) is 8.49. The predicted molar refractivity (Wildman–Crippen MR) is 140 cm³/mol. The number of likely N-dealkylation sites (tertiary alicyclic amines) is 1. The Balaban J connectivity index is 1.32. The molecule has 0 aliphatic carbocycles. The van der Waals surface area contributed by atoms with E-state index < -0.39 is 23.6 Å². The molecule has 1 aliphatic rings. The van der Waals surface area contributed by atoms with E-state index in [1.54, 1.807) is 13.3 Å². The highest BCUT2D eigenvalue weighted by Gasteiger charge is 2.34. The van der Waals surface area contributed by atoms with Crippen molar-refractivity contribution in [3.05, 3.63) is 64.6 Å². The number of ether oxygens (including phenoxy) is 1. The molecule has 0 radical (unpaired) electrons. The second-order valence-corrected chi connectivity index (χ2v) is 11.1. The molecule has 1 saturated heterocycles. The van der Waals surface area contributed by atoms with E-state index in [2.05, 4.69) is 9.88 Å². The molecule has 3 aromatic rings. The molecule has 2 aromatic carbocycles. The van der Waals surface area contributed by atoms with Crippen LogP contribution in [0.2, 0.25) is 5.02 Å². The number of nitrogens with zero attached hydrogens (tertiary/aromatic N) is 2. The van der Waals surface area contributed by atoms with Crippen molar-refractivity contribution in [1.29, 1.82) is 0 Å². The van der Waals surface area contributed by atoms with Crippen molar-refractivity contribution in [2.24, 2.45) is 5.41 Å². The van der Waals surface area contributed by atoms with Crippen LogP contribution >= 0.6 is 23.4 Å². The smallest absolute Gasteiger partial charge is 0.194 e. The molecule has 10 heteroatoms. The molecule has 0 unspecified atom stereocenters. The Morgan fingerprint density at radius 2 is 1.86 bits per heavy atom. The number of fused-ring (bicyclic) bond motifs is 1. The topological polar surface area (TPSA) is 65.8 Å². The summed E-state index contributed by atoms with van der Waals surface area (Å²) in [6, 6.07) is 7.47. The quantitative estimate of drug-likeness (QED) is 0.237. The van der Waals surface area contributed by atoms with Crippen molar-refractivity contribution in [2.45, 2.75) is 36.7 Å². The average molecular weight is 555 g/mol. The van der Waals surface area contributed by atoms with Crippen LogP contribution in [0, 0.1) is 22.9 Å². The molecule has 4 rings (SSSR count). The van der Waals surface area contributed by atoms with Gasteiger partial charge in [-0.25, -0.2) is 13.2 Å². The van der Waals surface area contributed by atoms with Crippen molar-refractivity contribution in [3.63, 3.8) is 0 Å². The summed E-state index contributed by atoms with van der Waals surface area (Å²) in [4.78, 5) is 6.94. The van der Waals surface area contributed by atoms with Crippen molar-refractivity contribution >= 4 is 34.3 Å². The summed E-state index contributed by atoms with van der Waals surface area (Å²) in [6.45, 7) is 2.25. The molecule has 0 spiro atoms. The van der Waals surface area contributed by atoms with Crippen molar-refractivity contribution < 1.29 is 28.1 Å². The van der Waals surface area contributed by atoms with Crippen LogP contribution in [0.3, 0.4) is 0 Å². The van der Waals surface area contributed by atoms with Crippen LogP contribution in [0.25, 0.3) is 10.9 Å². The second-order valence-electron chi connectivity index (χ2n) is 9.51. The van der Waals surface area contributed by atoms with Gasteiger partial charge in [0.15, 0.2) is 17.5 Å². The van der Waals surface area contributed by atoms with E-state index in [4.69, 9.17) is 16.3 Å². The van der Waals surface area contributed by atoms with Gasteiger partial charge >= 0.3 is 0 Å². The zero-order chi connectivity index (χ0) is 26.6. The number of aliphatic hydroxyl groups is 2. The minimum atomic E-state index is -1.45. The fourth-order valence-corrected chi connectivity index (χ4v) is 6.10. The maximum atomic E-state index is 13.4. The van der Waals surface area contributed by atoms with E-state index >= 15 is 0 Å². The number of pyridine rings is 1. The van der Waals surface area contributed by atoms with Gasteiger partial charge in [-0.15, -0.1) is 11.8 Å². The molecule has 1 atom stereocenters. The number of thioether (sulfide) groups is 1. The van der Waals surface area contributed by atoms with E-state index in [9.17, 15) is 23.4 Å². The van der Waals surface area contributed by atoms with E-state index in [-0.39, 0.29) is 12.0 Å². The summed E-state index contributed by atoms with van der Waals surface area (Å²) in [7, 11) is 1.58. The molecule has 1 aromatic heterocycles. The van der Waals surface area contributed by atoms with Gasteiger partial charge in [0.2, 0.25) is 0 Å². The number of aromatic nitrogens is 1. The number of rotatable bonds is 10. The molecule has 0 amide bonds. The zero-order valence-corrected chi connectivity index (χ0v) is 22.1. The summed E-state index contributed by atoms with van der Waals surface area (Å²) >= 11 is 7.72. The van der Waals surface area contributed by atoms with E-state index in [0.717, 1.165) is 43.5 Å². The number of hydrogen-bond acceptors (Lipinski definition) is 6. The summed E-state index contributed by atoms with van der Waals surface area (Å²) in [5.41, 5.74) is 1.02. The Morgan fingerprint density at radius 3 is 2.51 bits per heavy atom. The zero-order valence-electron chi connectivity index (χ0n) is 20.5. The molecule has 1 aliphatic heterocycles. The number of hydrogen-bond donors (Lipinski definition) is 2. The monoisotopic (exact) mass is 554 g/mol. The van der Waals surface area contributed by atoms with Gasteiger partial charge in [-0.05, 0) is 74.5 Å². The molecule has 5 nitrogen and oxygen atoms in total. The Hall–Kier alpha value is -2.04. The fourth-order valence-electron chi connectivity index (χ4n) is 4.87. The lowest BCUT2D eigenvalue weighted by Gasteiger charge is -2.41. The van der Waals surface area contributed by atoms with Crippen molar-refractivity contribution in [1.82, 2.24) is 9.88 Å². The van der Waals surface area contributed by atoms with Crippen LogP contribution in [0.1, 0.15) is 37.4 Å².